The highest BCUT2D eigenvalue weighted by molar-refractivity contribution is 7.89. The van der Waals surface area contributed by atoms with Crippen molar-refractivity contribution < 1.29 is 17.6 Å². The first-order valence-corrected chi connectivity index (χ1v) is 8.82. The molecule has 6 nitrogen and oxygen atoms in total. The number of benzene rings is 1. The van der Waals surface area contributed by atoms with Gasteiger partial charge in [0.2, 0.25) is 10.0 Å². The number of amides is 2. The fraction of sp³-hybridized carbons (Fsp3) is 0.500. The molecule has 0 aliphatic carbocycles. The fourth-order valence-electron chi connectivity index (χ4n) is 2.38. The molecule has 0 aromatic heterocycles. The number of carbonyl (C=O) groups excluding carboxylic acids is 1. The van der Waals surface area contributed by atoms with Gasteiger partial charge in [-0.15, -0.1) is 0 Å². The van der Waals surface area contributed by atoms with Gasteiger partial charge in [0.1, 0.15) is 5.82 Å². The van der Waals surface area contributed by atoms with Crippen LogP contribution >= 0.6 is 0 Å². The van der Waals surface area contributed by atoms with E-state index in [9.17, 15) is 17.6 Å². The zero-order valence-electron chi connectivity index (χ0n) is 12.4. The van der Waals surface area contributed by atoms with Crippen LogP contribution < -0.4 is 10.6 Å². The van der Waals surface area contributed by atoms with Gasteiger partial charge in [0, 0.05) is 24.8 Å². The van der Waals surface area contributed by atoms with Crippen LogP contribution in [0.4, 0.5) is 14.9 Å². The largest absolute Gasteiger partial charge is 0.335 e. The lowest BCUT2D eigenvalue weighted by Crippen LogP contribution is -2.47. The topological polar surface area (TPSA) is 78.5 Å². The third kappa shape index (κ3) is 4.41. The summed E-state index contributed by atoms with van der Waals surface area (Å²) in [6, 6.07) is 5.14. The summed E-state index contributed by atoms with van der Waals surface area (Å²) in [4.78, 5) is 11.9. The summed E-state index contributed by atoms with van der Waals surface area (Å²) >= 11 is 0. The molecule has 1 saturated heterocycles. The van der Waals surface area contributed by atoms with Crippen LogP contribution in [-0.2, 0) is 10.0 Å². The summed E-state index contributed by atoms with van der Waals surface area (Å²) < 4.78 is 38.0. The summed E-state index contributed by atoms with van der Waals surface area (Å²) in [6.45, 7) is 2.42. The third-order valence-corrected chi connectivity index (χ3v) is 5.51. The highest BCUT2D eigenvalue weighted by Crippen LogP contribution is 2.15. The maximum absolute atomic E-state index is 13.0. The SMILES string of the molecule is CCS(=O)(=O)N1CCC(NC(=O)Nc2cccc(F)c2)CC1. The quantitative estimate of drug-likeness (QED) is 0.883. The molecular weight excluding hydrogens is 309 g/mol. The van der Waals surface area contributed by atoms with E-state index in [0.717, 1.165) is 0 Å². The van der Waals surface area contributed by atoms with E-state index < -0.39 is 21.9 Å². The van der Waals surface area contributed by atoms with Crippen LogP contribution in [0.3, 0.4) is 0 Å². The molecule has 1 fully saturated rings. The van der Waals surface area contributed by atoms with Gasteiger partial charge in [-0.05, 0) is 38.0 Å². The second-order valence-corrected chi connectivity index (χ2v) is 7.44. The molecule has 2 rings (SSSR count). The highest BCUT2D eigenvalue weighted by atomic mass is 32.2. The molecule has 1 aliphatic heterocycles. The average Bonchev–Trinajstić information content (AvgIpc) is 2.47. The van der Waals surface area contributed by atoms with E-state index >= 15 is 0 Å². The van der Waals surface area contributed by atoms with E-state index in [-0.39, 0.29) is 11.8 Å². The van der Waals surface area contributed by atoms with Gasteiger partial charge >= 0.3 is 6.03 Å². The van der Waals surface area contributed by atoms with Crippen molar-refractivity contribution in [2.75, 3.05) is 24.2 Å². The minimum absolute atomic E-state index is 0.0862. The van der Waals surface area contributed by atoms with Crippen LogP contribution in [-0.4, -0.2) is 43.6 Å². The number of nitrogens with one attached hydrogen (secondary N) is 2. The molecule has 0 unspecified atom stereocenters. The fourth-order valence-corrected chi connectivity index (χ4v) is 3.51. The molecule has 0 atom stereocenters. The molecule has 1 heterocycles. The summed E-state index contributed by atoms with van der Waals surface area (Å²) in [5.74, 6) is -0.332. The predicted molar refractivity (Wildman–Crippen MR) is 82.6 cm³/mol. The molecule has 122 valence electrons. The number of anilines is 1. The Morgan fingerprint density at radius 3 is 2.64 bits per heavy atom. The summed E-state index contributed by atoms with van der Waals surface area (Å²) in [6.07, 6.45) is 1.13. The lowest BCUT2D eigenvalue weighted by molar-refractivity contribution is 0.238. The Hall–Kier alpha value is -1.67. The van der Waals surface area contributed by atoms with Crippen molar-refractivity contribution in [3.63, 3.8) is 0 Å². The highest BCUT2D eigenvalue weighted by Gasteiger charge is 2.27. The van der Waals surface area contributed by atoms with Crippen LogP contribution in [0.2, 0.25) is 0 Å². The maximum Gasteiger partial charge on any atom is 0.319 e. The number of sulfonamides is 1. The number of piperidine rings is 1. The van der Waals surface area contributed by atoms with Crippen LogP contribution in [0.15, 0.2) is 24.3 Å². The van der Waals surface area contributed by atoms with Crippen molar-refractivity contribution in [2.45, 2.75) is 25.8 Å². The van der Waals surface area contributed by atoms with Crippen LogP contribution in [0.25, 0.3) is 0 Å². The Morgan fingerprint density at radius 2 is 2.05 bits per heavy atom. The first-order chi connectivity index (χ1) is 10.4. The van der Waals surface area contributed by atoms with Crippen LogP contribution in [0.1, 0.15) is 19.8 Å². The third-order valence-electron chi connectivity index (χ3n) is 3.63. The van der Waals surface area contributed by atoms with Gasteiger partial charge in [0.25, 0.3) is 0 Å². The Labute approximate surface area is 129 Å². The van der Waals surface area contributed by atoms with Crippen LogP contribution in [0.5, 0.6) is 0 Å². The molecular formula is C14H20FN3O3S. The summed E-state index contributed by atoms with van der Waals surface area (Å²) in [5.41, 5.74) is 0.378. The van der Waals surface area contributed by atoms with Crippen LogP contribution in [0, 0.1) is 5.82 Å². The van der Waals surface area contributed by atoms with Gasteiger partial charge in [-0.3, -0.25) is 0 Å². The van der Waals surface area contributed by atoms with Gasteiger partial charge in [-0.25, -0.2) is 21.9 Å². The lowest BCUT2D eigenvalue weighted by Gasteiger charge is -2.31. The second kappa shape index (κ2) is 7.06. The zero-order chi connectivity index (χ0) is 16.2. The van der Waals surface area contributed by atoms with Crippen molar-refractivity contribution in [2.24, 2.45) is 0 Å². The Balaban J connectivity index is 1.82. The number of nitrogens with zero attached hydrogens (tertiary/aromatic N) is 1. The minimum atomic E-state index is -3.16. The minimum Gasteiger partial charge on any atom is -0.335 e. The number of halogens is 1. The van der Waals surface area contributed by atoms with Crippen molar-refractivity contribution in [1.82, 2.24) is 9.62 Å². The Bertz CT molecular complexity index is 628. The van der Waals surface area contributed by atoms with E-state index in [4.69, 9.17) is 0 Å². The molecule has 0 spiro atoms. The van der Waals surface area contributed by atoms with E-state index in [1.165, 1.54) is 22.5 Å². The maximum atomic E-state index is 13.0. The standard InChI is InChI=1S/C14H20FN3O3S/c1-2-22(20,21)18-8-6-12(7-9-18)16-14(19)17-13-5-3-4-11(15)10-13/h3-5,10,12H,2,6-9H2,1H3,(H2,16,17,19). The van der Waals surface area contributed by atoms with Crippen molar-refractivity contribution in [3.05, 3.63) is 30.1 Å². The van der Waals surface area contributed by atoms with Gasteiger partial charge < -0.3 is 10.6 Å². The summed E-state index contributed by atoms with van der Waals surface area (Å²) in [7, 11) is -3.16. The van der Waals surface area contributed by atoms with Crippen molar-refractivity contribution >= 4 is 21.7 Å². The molecule has 2 amide bonds. The zero-order valence-corrected chi connectivity index (χ0v) is 13.2. The second-order valence-electron chi connectivity index (χ2n) is 5.18. The normalized spacial score (nSPS) is 17.2. The van der Waals surface area contributed by atoms with Gasteiger partial charge in [0.15, 0.2) is 0 Å². The molecule has 8 heteroatoms. The van der Waals surface area contributed by atoms with E-state index in [0.29, 0.717) is 31.6 Å². The van der Waals surface area contributed by atoms with E-state index in [2.05, 4.69) is 10.6 Å². The number of rotatable bonds is 4. The van der Waals surface area contributed by atoms with Gasteiger partial charge in [0.05, 0.1) is 5.75 Å². The molecule has 1 aliphatic rings. The van der Waals surface area contributed by atoms with Gasteiger partial charge in [-0.2, -0.15) is 0 Å². The Kier molecular flexibility index (Phi) is 5.36. The first kappa shape index (κ1) is 16.7. The molecule has 0 saturated carbocycles. The molecule has 1 aromatic carbocycles. The number of hydrogen-bond acceptors (Lipinski definition) is 3. The smallest absolute Gasteiger partial charge is 0.319 e. The monoisotopic (exact) mass is 329 g/mol. The average molecular weight is 329 g/mol. The number of hydrogen-bond donors (Lipinski definition) is 2. The summed E-state index contributed by atoms with van der Waals surface area (Å²) in [5, 5.41) is 5.34. The Morgan fingerprint density at radius 1 is 1.36 bits per heavy atom. The van der Waals surface area contributed by atoms with E-state index in [1.54, 1.807) is 13.0 Å². The molecule has 0 bridgehead atoms. The molecule has 0 radical (unpaired) electrons. The lowest BCUT2D eigenvalue weighted by atomic mass is 10.1. The first-order valence-electron chi connectivity index (χ1n) is 7.21. The predicted octanol–water partition coefficient (Wildman–Crippen LogP) is 1.76. The van der Waals surface area contributed by atoms with Crippen molar-refractivity contribution in [3.8, 4) is 0 Å². The molecule has 22 heavy (non-hydrogen) atoms. The molecule has 1 aromatic rings. The van der Waals surface area contributed by atoms with E-state index in [1.807, 2.05) is 0 Å². The number of urea groups is 1. The molecule has 2 N–H and O–H groups in total. The van der Waals surface area contributed by atoms with Crippen molar-refractivity contribution in [1.29, 1.82) is 0 Å². The number of carbonyl (C=O) groups is 1. The van der Waals surface area contributed by atoms with Gasteiger partial charge in [-0.1, -0.05) is 6.07 Å².